The van der Waals surface area contributed by atoms with Gasteiger partial charge in [-0.1, -0.05) is 29.8 Å². The van der Waals surface area contributed by atoms with Crippen LogP contribution in [0.4, 0.5) is 10.1 Å². The highest BCUT2D eigenvalue weighted by Crippen LogP contribution is 2.46. The van der Waals surface area contributed by atoms with Crippen LogP contribution >= 0.6 is 11.6 Å². The zero-order chi connectivity index (χ0) is 34.4. The molecule has 6 rings (SSSR count). The maximum Gasteiger partial charge on any atom is 0.330 e. The smallest absolute Gasteiger partial charge is 0.330 e. The third-order valence-electron chi connectivity index (χ3n) is 9.19. The monoisotopic (exact) mass is 675 g/mol. The molecule has 1 amide bonds. The third-order valence-corrected chi connectivity index (χ3v) is 9.60. The van der Waals surface area contributed by atoms with Gasteiger partial charge in [0.15, 0.2) is 0 Å². The molecule has 4 aromatic rings. The minimum atomic E-state index is -0.749. The minimum absolute atomic E-state index is 0.0691. The van der Waals surface area contributed by atoms with Crippen molar-refractivity contribution in [3.8, 4) is 28.3 Å². The summed E-state index contributed by atoms with van der Waals surface area (Å²) in [5, 5.41) is 2.95. The predicted molar refractivity (Wildman–Crippen MR) is 179 cm³/mol. The van der Waals surface area contributed by atoms with Gasteiger partial charge < -0.3 is 19.4 Å². The first-order valence-electron chi connectivity index (χ1n) is 15.6. The summed E-state index contributed by atoms with van der Waals surface area (Å²) in [6, 6.07) is 9.94. The molecule has 11 nitrogen and oxygen atoms in total. The highest BCUT2D eigenvalue weighted by molar-refractivity contribution is 6.36. The standard InChI is InChI=1S/C35H35ClFN5O6/c1-6-48-34(45)20-15-42(16-20)27-13-10-19-14-26(39-32(47-5)29(19)27)21-8-7-9-22(30(21)36)28-18(2)25(12-11-24(28)37)38-31(43)23-17-40(3)35(46)41(4)33(23)44/h7-9,11-12,14,17,20,27H,6,10,13,15-16H2,1-5H3,(H,38,43)/t27-/m0/s1. The van der Waals surface area contributed by atoms with Crippen LogP contribution in [0.1, 0.15) is 46.4 Å². The van der Waals surface area contributed by atoms with Crippen molar-refractivity contribution in [1.82, 2.24) is 19.0 Å². The second-order valence-corrected chi connectivity index (χ2v) is 12.4. The number of fused-ring (bicyclic) bond motifs is 1. The summed E-state index contributed by atoms with van der Waals surface area (Å²) < 4.78 is 28.5. The highest BCUT2D eigenvalue weighted by Gasteiger charge is 2.42. The molecule has 1 aliphatic carbocycles. The van der Waals surface area contributed by atoms with Crippen LogP contribution in [0.15, 0.2) is 52.2 Å². The number of benzene rings is 2. The molecule has 1 N–H and O–H groups in total. The van der Waals surface area contributed by atoms with Crippen LogP contribution in [0.2, 0.25) is 5.02 Å². The lowest BCUT2D eigenvalue weighted by Crippen LogP contribution is -2.51. The molecular formula is C35H35ClFN5O6. The average molecular weight is 676 g/mol. The molecular weight excluding hydrogens is 641 g/mol. The Morgan fingerprint density at radius 1 is 1.12 bits per heavy atom. The lowest BCUT2D eigenvalue weighted by Gasteiger charge is -2.42. The minimum Gasteiger partial charge on any atom is -0.481 e. The van der Waals surface area contributed by atoms with Crippen LogP contribution in [-0.2, 0) is 30.0 Å². The lowest BCUT2D eigenvalue weighted by molar-refractivity contribution is -0.155. The maximum absolute atomic E-state index is 15.5. The number of carbonyl (C=O) groups is 2. The molecule has 1 saturated heterocycles. The first-order valence-corrected chi connectivity index (χ1v) is 16.0. The van der Waals surface area contributed by atoms with E-state index < -0.39 is 23.0 Å². The molecule has 0 spiro atoms. The van der Waals surface area contributed by atoms with E-state index in [2.05, 4.69) is 10.2 Å². The Morgan fingerprint density at radius 3 is 2.56 bits per heavy atom. The van der Waals surface area contributed by atoms with Crippen molar-refractivity contribution in [1.29, 1.82) is 0 Å². The topological polar surface area (TPSA) is 125 Å². The van der Waals surface area contributed by atoms with Gasteiger partial charge in [0, 0.05) is 67.4 Å². The van der Waals surface area contributed by atoms with Gasteiger partial charge in [0.2, 0.25) is 5.88 Å². The summed E-state index contributed by atoms with van der Waals surface area (Å²) in [6.45, 7) is 5.05. The number of likely N-dealkylation sites (tertiary alicyclic amines) is 1. The number of methoxy groups -OCH3 is 1. The van der Waals surface area contributed by atoms with Gasteiger partial charge >= 0.3 is 11.7 Å². The highest BCUT2D eigenvalue weighted by atomic mass is 35.5. The largest absolute Gasteiger partial charge is 0.481 e. The number of aryl methyl sites for hydroxylation is 2. The Bertz CT molecular complexity index is 2090. The number of amides is 1. The zero-order valence-corrected chi connectivity index (χ0v) is 28.0. The quantitative estimate of drug-likeness (QED) is 0.268. The van der Waals surface area contributed by atoms with Crippen LogP contribution in [0.25, 0.3) is 22.4 Å². The molecule has 250 valence electrons. The summed E-state index contributed by atoms with van der Waals surface area (Å²) in [7, 11) is 4.30. The molecule has 1 aliphatic heterocycles. The van der Waals surface area contributed by atoms with E-state index in [1.165, 1.54) is 32.4 Å². The van der Waals surface area contributed by atoms with E-state index in [-0.39, 0.29) is 39.8 Å². The first-order chi connectivity index (χ1) is 22.9. The number of nitrogens with one attached hydrogen (secondary N) is 1. The lowest BCUT2D eigenvalue weighted by atomic mass is 9.94. The normalized spacial score (nSPS) is 15.9. The van der Waals surface area contributed by atoms with Gasteiger partial charge in [-0.3, -0.25) is 23.9 Å². The molecule has 0 saturated carbocycles. The van der Waals surface area contributed by atoms with E-state index in [9.17, 15) is 19.2 Å². The number of carbonyl (C=O) groups excluding carboxylic acids is 2. The molecule has 0 bridgehead atoms. The molecule has 0 radical (unpaired) electrons. The van der Waals surface area contributed by atoms with Gasteiger partial charge in [-0.05, 0) is 56.0 Å². The first kappa shape index (κ1) is 33.1. The molecule has 48 heavy (non-hydrogen) atoms. The fourth-order valence-electron chi connectivity index (χ4n) is 6.64. The average Bonchev–Trinajstić information content (AvgIpc) is 3.46. The number of halogens is 2. The van der Waals surface area contributed by atoms with Gasteiger partial charge in [0.1, 0.15) is 11.4 Å². The van der Waals surface area contributed by atoms with Crippen LogP contribution in [-0.4, -0.2) is 57.7 Å². The summed E-state index contributed by atoms with van der Waals surface area (Å²) in [5.41, 5.74) is 2.88. The van der Waals surface area contributed by atoms with E-state index in [0.717, 1.165) is 33.1 Å². The molecule has 3 heterocycles. The molecule has 1 atom stereocenters. The van der Waals surface area contributed by atoms with Gasteiger partial charge in [-0.2, -0.15) is 0 Å². The summed E-state index contributed by atoms with van der Waals surface area (Å²) in [6.07, 6.45) is 2.82. The number of esters is 1. The van der Waals surface area contributed by atoms with Crippen molar-refractivity contribution in [2.75, 3.05) is 32.1 Å². The van der Waals surface area contributed by atoms with Crippen molar-refractivity contribution < 1.29 is 23.5 Å². The summed E-state index contributed by atoms with van der Waals surface area (Å²) in [4.78, 5) is 57.1. The van der Waals surface area contributed by atoms with Gasteiger partial charge in [0.25, 0.3) is 11.5 Å². The van der Waals surface area contributed by atoms with Crippen molar-refractivity contribution in [3.63, 3.8) is 0 Å². The van der Waals surface area contributed by atoms with E-state index in [1.807, 2.05) is 6.07 Å². The molecule has 13 heteroatoms. The van der Waals surface area contributed by atoms with Crippen molar-refractivity contribution in [3.05, 3.63) is 96.5 Å². The van der Waals surface area contributed by atoms with E-state index in [0.29, 0.717) is 48.0 Å². The van der Waals surface area contributed by atoms with Gasteiger partial charge in [-0.15, -0.1) is 0 Å². The number of aromatic nitrogens is 3. The third kappa shape index (κ3) is 5.68. The number of ether oxygens (including phenoxy) is 2. The fraction of sp³-hybridized carbons (Fsp3) is 0.343. The van der Waals surface area contributed by atoms with Crippen LogP contribution in [0.5, 0.6) is 5.88 Å². The van der Waals surface area contributed by atoms with Gasteiger partial charge in [0.05, 0.1) is 30.4 Å². The summed E-state index contributed by atoms with van der Waals surface area (Å²) in [5.74, 6) is -1.13. The summed E-state index contributed by atoms with van der Waals surface area (Å²) >= 11 is 7.01. The predicted octanol–water partition coefficient (Wildman–Crippen LogP) is 4.66. The number of pyridine rings is 1. The van der Waals surface area contributed by atoms with Crippen molar-refractivity contribution in [2.45, 2.75) is 32.7 Å². The van der Waals surface area contributed by atoms with E-state index in [1.54, 1.807) is 39.2 Å². The molecule has 2 aliphatic rings. The number of anilines is 1. The molecule has 2 aromatic carbocycles. The molecule has 2 aromatic heterocycles. The van der Waals surface area contributed by atoms with Crippen molar-refractivity contribution >= 4 is 29.2 Å². The Kier molecular flexibility index (Phi) is 8.97. The fourth-order valence-corrected chi connectivity index (χ4v) is 6.96. The van der Waals surface area contributed by atoms with E-state index in [4.69, 9.17) is 26.1 Å². The SMILES string of the molecule is CCOC(=O)C1CN([C@H]2CCc3cc(-c4cccc(-c5c(F)ccc(NC(=O)c6cn(C)c(=O)n(C)c6=O)c5C)c4Cl)nc(OC)c32)C1. The molecule has 1 fully saturated rings. The van der Waals surface area contributed by atoms with Crippen molar-refractivity contribution in [2.24, 2.45) is 20.0 Å². The van der Waals surface area contributed by atoms with Crippen LogP contribution < -0.4 is 21.3 Å². The number of nitrogens with zero attached hydrogens (tertiary/aromatic N) is 4. The Morgan fingerprint density at radius 2 is 1.85 bits per heavy atom. The second kappa shape index (κ2) is 13.0. The van der Waals surface area contributed by atoms with Gasteiger partial charge in [-0.25, -0.2) is 14.2 Å². The number of hydrogen-bond donors (Lipinski definition) is 1. The number of rotatable bonds is 8. The van der Waals surface area contributed by atoms with Crippen LogP contribution in [0, 0.1) is 18.7 Å². The number of hydrogen-bond acceptors (Lipinski definition) is 8. The van der Waals surface area contributed by atoms with Crippen LogP contribution in [0.3, 0.4) is 0 Å². The van der Waals surface area contributed by atoms with E-state index >= 15 is 4.39 Å². The Balaban J connectivity index is 1.32. The maximum atomic E-state index is 15.5. The Hall–Kier alpha value is -4.81. The Labute approximate surface area is 280 Å². The second-order valence-electron chi connectivity index (χ2n) is 12.1. The molecule has 0 unspecified atom stereocenters. The zero-order valence-electron chi connectivity index (χ0n) is 27.2.